The molecule has 0 N–H and O–H groups in total. The first kappa shape index (κ1) is 19.7. The van der Waals surface area contributed by atoms with Crippen molar-refractivity contribution in [3.05, 3.63) is 0 Å². The number of hydrogen-bond donors (Lipinski definition) is 0. The van der Waals surface area contributed by atoms with Gasteiger partial charge < -0.3 is 4.12 Å². The Hall–Kier alpha value is 0.708. The molecule has 0 aliphatic carbocycles. The Balaban J connectivity index is 5.76. The van der Waals surface area contributed by atoms with Crippen molar-refractivity contribution in [3.63, 3.8) is 0 Å². The highest BCUT2D eigenvalue weighted by atomic mass is 29.7. The van der Waals surface area contributed by atoms with E-state index < -0.39 is 31.1 Å². The van der Waals surface area contributed by atoms with Crippen LogP contribution in [0.15, 0.2) is 0 Å². The molecule has 19 heavy (non-hydrogen) atoms. The number of hydrogen-bond acceptors (Lipinski definition) is 3. The van der Waals surface area contributed by atoms with Gasteiger partial charge in [-0.25, -0.2) is 0 Å². The summed E-state index contributed by atoms with van der Waals surface area (Å²) in [5.74, 6) is 0. The van der Waals surface area contributed by atoms with Gasteiger partial charge in [0.15, 0.2) is 8.32 Å². The molecule has 0 unspecified atom stereocenters. The van der Waals surface area contributed by atoms with E-state index in [2.05, 4.69) is 58.9 Å². The average molecular weight is 339 g/mol. The second-order valence-electron chi connectivity index (χ2n) is 8.07. The molecule has 0 heterocycles. The van der Waals surface area contributed by atoms with Gasteiger partial charge in [0.05, 0.1) is 6.54 Å². The maximum absolute atomic E-state index is 11.9. The maximum atomic E-state index is 11.9. The van der Waals surface area contributed by atoms with E-state index in [9.17, 15) is 5.21 Å². The predicted molar refractivity (Wildman–Crippen MR) is 91.0 cm³/mol. The van der Waals surface area contributed by atoms with Gasteiger partial charge in [-0.15, -0.1) is 0 Å². The fourth-order valence-electron chi connectivity index (χ4n) is 2.36. The summed E-state index contributed by atoms with van der Waals surface area (Å²) >= 11 is 0. The first-order valence-corrected chi connectivity index (χ1v) is 21.2. The van der Waals surface area contributed by atoms with Crippen LogP contribution in [0.25, 0.3) is 0 Å². The molecule has 0 atom stereocenters. The Bertz CT molecular complexity index is 280. The maximum Gasteiger partial charge on any atom is 0.310 e. The molecule has 0 aromatic carbocycles. The van der Waals surface area contributed by atoms with Crippen molar-refractivity contribution in [1.29, 1.82) is 0 Å². The van der Waals surface area contributed by atoms with Gasteiger partial charge in [0, 0.05) is 0 Å². The van der Waals surface area contributed by atoms with Gasteiger partial charge in [-0.3, -0.25) is 4.53 Å². The van der Waals surface area contributed by atoms with Crippen molar-refractivity contribution >= 4 is 31.1 Å². The molecular formula is C11H32NO3Si4. The van der Waals surface area contributed by atoms with Gasteiger partial charge in [-0.2, -0.15) is 0 Å². The van der Waals surface area contributed by atoms with Gasteiger partial charge >= 0.3 is 7.60 Å². The zero-order valence-corrected chi connectivity index (χ0v) is 18.4. The molecule has 0 saturated heterocycles. The lowest BCUT2D eigenvalue weighted by atomic mass is 10.8. The van der Waals surface area contributed by atoms with Crippen molar-refractivity contribution in [1.82, 2.24) is 5.23 Å². The molecule has 0 aliphatic heterocycles. The Morgan fingerprint density at radius 3 is 1.42 bits per heavy atom. The van der Waals surface area contributed by atoms with Gasteiger partial charge in [0.2, 0.25) is 0 Å². The zero-order chi connectivity index (χ0) is 15.7. The lowest BCUT2D eigenvalue weighted by Gasteiger charge is -2.50. The highest BCUT2D eigenvalue weighted by molar-refractivity contribution is 7.65. The Kier molecular flexibility index (Phi) is 6.45. The molecule has 0 spiro atoms. The number of nitrogens with zero attached hydrogens (tertiary/aromatic N) is 1. The molecule has 115 valence electrons. The lowest BCUT2D eigenvalue weighted by Crippen LogP contribution is -2.78. The van der Waals surface area contributed by atoms with E-state index in [1.54, 1.807) is 0 Å². The fourth-order valence-corrected chi connectivity index (χ4v) is 51.9. The largest absolute Gasteiger partial charge is 0.440 e. The van der Waals surface area contributed by atoms with Crippen molar-refractivity contribution in [2.75, 3.05) is 6.54 Å². The van der Waals surface area contributed by atoms with Crippen molar-refractivity contribution in [3.8, 4) is 0 Å². The zero-order valence-electron chi connectivity index (χ0n) is 14.4. The predicted octanol–water partition coefficient (Wildman–Crippen LogP) is 3.71. The van der Waals surface area contributed by atoms with Crippen LogP contribution in [0.4, 0.5) is 0 Å². The summed E-state index contributed by atoms with van der Waals surface area (Å²) in [7, 11) is -7.64. The highest BCUT2D eigenvalue weighted by Crippen LogP contribution is 2.34. The van der Waals surface area contributed by atoms with Crippen LogP contribution in [0.1, 0.15) is 6.92 Å². The average Bonchev–Trinajstić information content (AvgIpc) is 2.10. The molecule has 0 aromatic heterocycles. The van der Waals surface area contributed by atoms with E-state index in [1.165, 1.54) is 0 Å². The summed E-state index contributed by atoms with van der Waals surface area (Å²) in [4.78, 5) is 0. The van der Waals surface area contributed by atoms with Crippen LogP contribution in [0.2, 0.25) is 58.9 Å². The minimum absolute atomic E-state index is 0.360. The standard InChI is InChI=1S/C11H32NO3Si4/c1-11-12(13)14-19(17(5,6)7,18(8,9)10)15-16(2,3)4/h11H2,1-10H3. The van der Waals surface area contributed by atoms with E-state index in [0.29, 0.717) is 6.54 Å². The Morgan fingerprint density at radius 2 is 1.21 bits per heavy atom. The summed E-state index contributed by atoms with van der Waals surface area (Å²) < 4.78 is 12.7. The van der Waals surface area contributed by atoms with Crippen LogP contribution in [0, 0.1) is 0 Å². The third-order valence-electron chi connectivity index (χ3n) is 2.91. The van der Waals surface area contributed by atoms with Crippen LogP contribution in [-0.4, -0.2) is 42.9 Å². The van der Waals surface area contributed by atoms with E-state index in [4.69, 9.17) is 8.64 Å². The first-order valence-electron chi connectivity index (χ1n) is 7.00. The summed E-state index contributed by atoms with van der Waals surface area (Å²) in [5, 5.41) is 12.7. The fraction of sp³-hybridized carbons (Fsp3) is 1.00. The van der Waals surface area contributed by atoms with Crippen LogP contribution in [0.5, 0.6) is 0 Å². The third-order valence-corrected chi connectivity index (χ3v) is 38.7. The number of hydroxylamine groups is 2. The van der Waals surface area contributed by atoms with E-state index in [0.717, 1.165) is 5.23 Å². The molecule has 0 amide bonds. The van der Waals surface area contributed by atoms with Crippen LogP contribution in [-0.2, 0) is 13.8 Å². The summed E-state index contributed by atoms with van der Waals surface area (Å²) in [6.45, 7) is 22.5. The molecule has 0 fully saturated rings. The molecule has 4 nitrogen and oxygen atoms in total. The quantitative estimate of drug-likeness (QED) is 0.525. The topological polar surface area (TPSA) is 41.6 Å². The minimum Gasteiger partial charge on any atom is -0.440 e. The molecule has 1 radical (unpaired) electrons. The molecule has 0 aromatic rings. The van der Waals surface area contributed by atoms with Gasteiger partial charge in [0.25, 0.3) is 0 Å². The summed E-state index contributed by atoms with van der Waals surface area (Å²) in [6, 6.07) is 0. The summed E-state index contributed by atoms with van der Waals surface area (Å²) in [5.41, 5.74) is 0. The second-order valence-corrected chi connectivity index (χ2v) is 38.0. The van der Waals surface area contributed by atoms with Crippen LogP contribution >= 0.6 is 0 Å². The highest BCUT2D eigenvalue weighted by Gasteiger charge is 2.62. The van der Waals surface area contributed by atoms with E-state index in [1.807, 2.05) is 6.92 Å². The smallest absolute Gasteiger partial charge is 0.310 e. The van der Waals surface area contributed by atoms with Gasteiger partial charge in [-0.1, -0.05) is 44.5 Å². The van der Waals surface area contributed by atoms with Crippen molar-refractivity contribution in [2.24, 2.45) is 0 Å². The first-order chi connectivity index (χ1) is 8.16. The number of rotatable bonds is 7. The molecule has 0 rings (SSSR count). The normalized spacial score (nSPS) is 15.2. The third kappa shape index (κ3) is 5.19. The Morgan fingerprint density at radius 1 is 0.842 bits per heavy atom. The minimum atomic E-state index is -2.47. The van der Waals surface area contributed by atoms with Crippen LogP contribution < -0.4 is 0 Å². The molecule has 8 heteroatoms. The van der Waals surface area contributed by atoms with Crippen molar-refractivity contribution in [2.45, 2.75) is 65.8 Å². The van der Waals surface area contributed by atoms with E-state index in [-0.39, 0.29) is 0 Å². The molecule has 0 saturated carbocycles. The second kappa shape index (κ2) is 6.22. The Labute approximate surface area is 123 Å². The monoisotopic (exact) mass is 338 g/mol. The van der Waals surface area contributed by atoms with Gasteiger partial charge in [0.1, 0.15) is 15.2 Å². The van der Waals surface area contributed by atoms with E-state index >= 15 is 0 Å². The van der Waals surface area contributed by atoms with Gasteiger partial charge in [-0.05, 0) is 31.8 Å². The molecular weight excluding hydrogens is 306 g/mol. The molecule has 0 aliphatic rings. The summed E-state index contributed by atoms with van der Waals surface area (Å²) in [6.07, 6.45) is 0. The molecule has 0 bridgehead atoms. The lowest BCUT2D eigenvalue weighted by molar-refractivity contribution is -0.332. The van der Waals surface area contributed by atoms with Crippen molar-refractivity contribution < 1.29 is 13.8 Å². The van der Waals surface area contributed by atoms with Crippen LogP contribution in [0.3, 0.4) is 0 Å². The SMILES string of the molecule is CCN([O])O[Si](O[Si](C)(C)C)([Si](C)(C)C)[Si](C)(C)C.